The normalized spacial score (nSPS) is 14.6. The molecule has 10 heavy (non-hydrogen) atoms. The molecule has 0 aromatic heterocycles. The first-order valence-corrected chi connectivity index (χ1v) is 2.89. The Morgan fingerprint density at radius 2 is 2.10 bits per heavy atom. The number of aliphatic hydroxyl groups is 1. The molecule has 0 aliphatic rings. The van der Waals surface area contributed by atoms with Crippen molar-refractivity contribution in [3.63, 3.8) is 0 Å². The second-order valence-electron chi connectivity index (χ2n) is 1.82. The quantitative estimate of drug-likeness (QED) is 0.447. The van der Waals surface area contributed by atoms with Gasteiger partial charge in [-0.3, -0.25) is 0 Å². The maximum atomic E-state index is 9.86. The fourth-order valence-electron chi connectivity index (χ4n) is 0.363. The van der Waals surface area contributed by atoms with Gasteiger partial charge in [0.1, 0.15) is 0 Å². The van der Waals surface area contributed by atoms with Crippen molar-refractivity contribution in [3.8, 4) is 0 Å². The Morgan fingerprint density at radius 1 is 1.50 bits per heavy atom. The van der Waals surface area contributed by atoms with E-state index in [2.05, 4.69) is 0 Å². The second-order valence-corrected chi connectivity index (χ2v) is 1.82. The first kappa shape index (κ1) is 8.91. The number of hydrogen-bond acceptors (Lipinski definition) is 2. The van der Waals surface area contributed by atoms with Crippen molar-refractivity contribution in [1.29, 1.82) is 0 Å². The summed E-state index contributed by atoms with van der Waals surface area (Å²) in [6, 6.07) is 0. The highest BCUT2D eigenvalue weighted by Gasteiger charge is 1.83. The fourth-order valence-corrected chi connectivity index (χ4v) is 0.363. The average molecular weight is 142 g/mol. The minimum absolute atomic E-state index is 0.529. The van der Waals surface area contributed by atoms with Crippen molar-refractivity contribution in [2.24, 2.45) is 0 Å². The van der Waals surface area contributed by atoms with Crippen LogP contribution in [-0.4, -0.2) is 22.3 Å². The Balaban J connectivity index is 3.62. The lowest BCUT2D eigenvalue weighted by Crippen LogP contribution is -1.91. The summed E-state index contributed by atoms with van der Waals surface area (Å²) in [5.74, 6) is -0.991. The third kappa shape index (κ3) is 6.91. The lowest BCUT2D eigenvalue weighted by molar-refractivity contribution is -0.131. The van der Waals surface area contributed by atoms with Gasteiger partial charge < -0.3 is 10.2 Å². The van der Waals surface area contributed by atoms with E-state index in [1.807, 2.05) is 0 Å². The Hall–Kier alpha value is -1.09. The Bertz CT molecular complexity index is 156. The van der Waals surface area contributed by atoms with Crippen LogP contribution >= 0.6 is 0 Å². The van der Waals surface area contributed by atoms with E-state index in [1.54, 1.807) is 6.92 Å². The van der Waals surface area contributed by atoms with Crippen LogP contribution in [0.5, 0.6) is 0 Å². The maximum absolute atomic E-state index is 9.86. The van der Waals surface area contributed by atoms with Gasteiger partial charge in [0.05, 0.1) is 6.10 Å². The molecule has 0 heterocycles. The van der Waals surface area contributed by atoms with Crippen LogP contribution < -0.4 is 0 Å². The van der Waals surface area contributed by atoms with E-state index in [0.29, 0.717) is 0 Å². The number of rotatable bonds is 3. The molecule has 0 rings (SSSR count). The zero-order valence-corrected chi connectivity index (χ0v) is 5.69. The highest BCUT2D eigenvalue weighted by molar-refractivity contribution is 5.80. The molecule has 0 aliphatic carbocycles. The van der Waals surface area contributed by atoms with Gasteiger partial charge in [-0.05, 0) is 6.92 Å². The summed E-state index contributed by atoms with van der Waals surface area (Å²) < 4.78 is 0. The molecule has 1 atom stereocenters. The molecule has 0 saturated carbocycles. The minimum Gasteiger partial charge on any atom is -0.478 e. The van der Waals surface area contributed by atoms with Crippen LogP contribution in [0, 0.1) is 0 Å². The SMILES string of the molecule is CC(O)C=CC=CC(=O)O. The van der Waals surface area contributed by atoms with Crippen molar-refractivity contribution in [1.82, 2.24) is 0 Å². The molecular formula is C7H10O3. The number of aliphatic hydroxyl groups excluding tert-OH is 1. The second kappa shape index (κ2) is 4.76. The molecule has 2 N–H and O–H groups in total. The van der Waals surface area contributed by atoms with Crippen LogP contribution in [0.2, 0.25) is 0 Å². The summed E-state index contributed by atoms with van der Waals surface area (Å²) in [4.78, 5) is 9.86. The minimum atomic E-state index is -0.991. The molecule has 0 aliphatic heterocycles. The van der Waals surface area contributed by atoms with E-state index in [-0.39, 0.29) is 0 Å². The van der Waals surface area contributed by atoms with Crippen molar-refractivity contribution < 1.29 is 15.0 Å². The molecule has 56 valence electrons. The smallest absolute Gasteiger partial charge is 0.328 e. The number of aliphatic carboxylic acids is 1. The van der Waals surface area contributed by atoms with Crippen molar-refractivity contribution in [2.45, 2.75) is 13.0 Å². The van der Waals surface area contributed by atoms with Crippen LogP contribution in [0.1, 0.15) is 6.92 Å². The largest absolute Gasteiger partial charge is 0.478 e. The van der Waals surface area contributed by atoms with E-state index in [9.17, 15) is 4.79 Å². The van der Waals surface area contributed by atoms with E-state index < -0.39 is 12.1 Å². The molecule has 0 amide bonds. The molecule has 0 aromatic carbocycles. The van der Waals surface area contributed by atoms with Gasteiger partial charge in [0.2, 0.25) is 0 Å². The van der Waals surface area contributed by atoms with Gasteiger partial charge in [-0.2, -0.15) is 0 Å². The first-order valence-electron chi connectivity index (χ1n) is 2.89. The molecule has 0 saturated heterocycles. The van der Waals surface area contributed by atoms with Crippen molar-refractivity contribution >= 4 is 5.97 Å². The van der Waals surface area contributed by atoms with E-state index in [1.165, 1.54) is 18.2 Å². The average Bonchev–Trinajstić information content (AvgIpc) is 1.79. The number of carboxylic acid groups (broad SMARTS) is 1. The van der Waals surface area contributed by atoms with E-state index in [4.69, 9.17) is 10.2 Å². The summed E-state index contributed by atoms with van der Waals surface area (Å²) in [6.07, 6.45) is 4.80. The summed E-state index contributed by atoms with van der Waals surface area (Å²) in [5.41, 5.74) is 0. The molecule has 0 fully saturated rings. The number of carboxylic acids is 1. The van der Waals surface area contributed by atoms with Crippen LogP contribution in [0.25, 0.3) is 0 Å². The van der Waals surface area contributed by atoms with Gasteiger partial charge in [-0.15, -0.1) is 0 Å². The third-order valence-electron chi connectivity index (χ3n) is 0.740. The molecule has 3 nitrogen and oxygen atoms in total. The summed E-state index contributed by atoms with van der Waals surface area (Å²) in [7, 11) is 0. The van der Waals surface area contributed by atoms with Gasteiger partial charge in [0.15, 0.2) is 0 Å². The van der Waals surface area contributed by atoms with E-state index in [0.717, 1.165) is 6.08 Å². The summed E-state index contributed by atoms with van der Waals surface area (Å²) >= 11 is 0. The van der Waals surface area contributed by atoms with Crippen LogP contribution in [0.3, 0.4) is 0 Å². The fraction of sp³-hybridized carbons (Fsp3) is 0.286. The zero-order valence-electron chi connectivity index (χ0n) is 5.69. The van der Waals surface area contributed by atoms with Gasteiger partial charge in [-0.1, -0.05) is 18.2 Å². The zero-order chi connectivity index (χ0) is 7.98. The van der Waals surface area contributed by atoms with E-state index >= 15 is 0 Å². The topological polar surface area (TPSA) is 57.5 Å². The van der Waals surface area contributed by atoms with Crippen molar-refractivity contribution in [2.75, 3.05) is 0 Å². The van der Waals surface area contributed by atoms with Gasteiger partial charge in [0, 0.05) is 6.08 Å². The van der Waals surface area contributed by atoms with Crippen LogP contribution in [0.4, 0.5) is 0 Å². The molecule has 0 radical (unpaired) electrons. The summed E-state index contributed by atoms with van der Waals surface area (Å²) in [5, 5.41) is 16.7. The molecule has 0 bridgehead atoms. The lowest BCUT2D eigenvalue weighted by atomic mass is 10.3. The van der Waals surface area contributed by atoms with Crippen LogP contribution in [0.15, 0.2) is 24.3 Å². The van der Waals surface area contributed by atoms with Crippen molar-refractivity contribution in [3.05, 3.63) is 24.3 Å². The predicted octanol–water partition coefficient (Wildman–Crippen LogP) is 0.564. The van der Waals surface area contributed by atoms with Gasteiger partial charge in [0.25, 0.3) is 0 Å². The molecule has 3 heteroatoms. The highest BCUT2D eigenvalue weighted by Crippen LogP contribution is 1.83. The predicted molar refractivity (Wildman–Crippen MR) is 37.6 cm³/mol. The molecule has 1 unspecified atom stereocenters. The number of hydrogen-bond donors (Lipinski definition) is 2. The van der Waals surface area contributed by atoms with Crippen LogP contribution in [-0.2, 0) is 4.79 Å². The standard InChI is InChI=1S/C7H10O3/c1-6(8)4-2-3-5-7(9)10/h2-6,8H,1H3,(H,9,10). The monoisotopic (exact) mass is 142 g/mol. The number of carbonyl (C=O) groups is 1. The Labute approximate surface area is 59.3 Å². The first-order chi connectivity index (χ1) is 4.63. The highest BCUT2D eigenvalue weighted by atomic mass is 16.4. The maximum Gasteiger partial charge on any atom is 0.328 e. The van der Waals surface area contributed by atoms with Gasteiger partial charge >= 0.3 is 5.97 Å². The Kier molecular flexibility index (Phi) is 4.24. The Morgan fingerprint density at radius 3 is 2.50 bits per heavy atom. The molecule has 0 spiro atoms. The van der Waals surface area contributed by atoms with Gasteiger partial charge in [-0.25, -0.2) is 4.79 Å². The third-order valence-corrected chi connectivity index (χ3v) is 0.740. The molecule has 0 aromatic rings. The summed E-state index contributed by atoms with van der Waals surface area (Å²) in [6.45, 7) is 1.59. The number of allylic oxidation sites excluding steroid dienone is 2. The lowest BCUT2D eigenvalue weighted by Gasteiger charge is -1.88. The molecular weight excluding hydrogens is 132 g/mol.